The molecule has 0 aliphatic heterocycles. The third kappa shape index (κ3) is 3.12. The predicted molar refractivity (Wildman–Crippen MR) is 70.2 cm³/mol. The Bertz CT molecular complexity index is 395. The van der Waals surface area contributed by atoms with Crippen LogP contribution in [0.4, 0.5) is 0 Å². The number of aryl methyl sites for hydroxylation is 1. The number of rotatable bonds is 4. The van der Waals surface area contributed by atoms with Gasteiger partial charge in [-0.25, -0.2) is 0 Å². The maximum absolute atomic E-state index is 10.1. The molecule has 4 heteroatoms. The van der Waals surface area contributed by atoms with Crippen molar-refractivity contribution in [3.8, 4) is 5.75 Å². The van der Waals surface area contributed by atoms with Crippen LogP contribution in [0.25, 0.3) is 0 Å². The summed E-state index contributed by atoms with van der Waals surface area (Å²) in [5.41, 5.74) is 7.15. The first-order chi connectivity index (χ1) is 7.88. The molecule has 0 radical (unpaired) electrons. The summed E-state index contributed by atoms with van der Waals surface area (Å²) in [4.78, 5) is 0. The number of nitrogens with two attached hydrogens (primary N) is 1. The molecular weight excluding hydrogens is 238 g/mol. The third-order valence-corrected chi connectivity index (χ3v) is 3.47. The Morgan fingerprint density at radius 2 is 2.00 bits per heavy atom. The van der Waals surface area contributed by atoms with Crippen molar-refractivity contribution in [3.63, 3.8) is 0 Å². The molecule has 0 heterocycles. The summed E-state index contributed by atoms with van der Waals surface area (Å²) < 4.78 is 0. The van der Waals surface area contributed by atoms with Gasteiger partial charge in [0.2, 0.25) is 0 Å². The zero-order valence-corrected chi connectivity index (χ0v) is 11.2. The van der Waals surface area contributed by atoms with E-state index < -0.39 is 12.1 Å². The van der Waals surface area contributed by atoms with Crippen molar-refractivity contribution in [1.82, 2.24) is 0 Å². The summed E-state index contributed by atoms with van der Waals surface area (Å²) in [6, 6.07) is 2.66. The van der Waals surface area contributed by atoms with E-state index >= 15 is 0 Å². The van der Waals surface area contributed by atoms with Crippen LogP contribution in [0.5, 0.6) is 5.75 Å². The molecule has 96 valence electrons. The standard InChI is InChI=1S/C13H20ClNO2/c1-4-7(2)13(17)11(15)10-6-9(14)5-8(3)12(10)16/h5-7,11,13,16-17H,4,15H2,1-3H3/t7?,11-,13+/m0/s1. The van der Waals surface area contributed by atoms with Crippen LogP contribution in [0.1, 0.15) is 37.4 Å². The molecule has 0 saturated carbocycles. The minimum atomic E-state index is -0.691. The van der Waals surface area contributed by atoms with Crippen molar-refractivity contribution < 1.29 is 10.2 Å². The highest BCUT2D eigenvalue weighted by atomic mass is 35.5. The number of halogens is 1. The SMILES string of the molecule is CCC(C)[C@@H](O)[C@@H](N)c1cc(Cl)cc(C)c1O. The number of aliphatic hydroxyl groups excluding tert-OH is 1. The lowest BCUT2D eigenvalue weighted by Crippen LogP contribution is -2.31. The molecule has 1 rings (SSSR count). The van der Waals surface area contributed by atoms with Crippen LogP contribution >= 0.6 is 11.6 Å². The molecule has 17 heavy (non-hydrogen) atoms. The first kappa shape index (κ1) is 14.3. The van der Waals surface area contributed by atoms with Crippen molar-refractivity contribution in [2.24, 2.45) is 11.7 Å². The average Bonchev–Trinajstić information content (AvgIpc) is 2.30. The van der Waals surface area contributed by atoms with Crippen molar-refractivity contribution in [1.29, 1.82) is 0 Å². The minimum Gasteiger partial charge on any atom is -0.507 e. The lowest BCUT2D eigenvalue weighted by molar-refractivity contribution is 0.0871. The zero-order valence-electron chi connectivity index (χ0n) is 10.4. The number of hydrogen-bond acceptors (Lipinski definition) is 3. The second kappa shape index (κ2) is 5.71. The van der Waals surface area contributed by atoms with E-state index in [0.717, 1.165) is 6.42 Å². The van der Waals surface area contributed by atoms with Crippen LogP contribution in [0.2, 0.25) is 5.02 Å². The maximum Gasteiger partial charge on any atom is 0.123 e. The molecule has 1 aromatic rings. The van der Waals surface area contributed by atoms with Crippen LogP contribution in [0, 0.1) is 12.8 Å². The van der Waals surface area contributed by atoms with Gasteiger partial charge >= 0.3 is 0 Å². The van der Waals surface area contributed by atoms with Gasteiger partial charge in [0.15, 0.2) is 0 Å². The molecule has 4 N–H and O–H groups in total. The highest BCUT2D eigenvalue weighted by Crippen LogP contribution is 2.33. The largest absolute Gasteiger partial charge is 0.507 e. The fourth-order valence-corrected chi connectivity index (χ4v) is 2.08. The van der Waals surface area contributed by atoms with Crippen molar-refractivity contribution in [2.75, 3.05) is 0 Å². The summed E-state index contributed by atoms with van der Waals surface area (Å²) in [6.45, 7) is 5.68. The van der Waals surface area contributed by atoms with E-state index in [0.29, 0.717) is 16.1 Å². The van der Waals surface area contributed by atoms with Crippen LogP contribution in [-0.4, -0.2) is 16.3 Å². The normalized spacial score (nSPS) is 16.6. The van der Waals surface area contributed by atoms with E-state index in [9.17, 15) is 10.2 Å². The van der Waals surface area contributed by atoms with Gasteiger partial charge in [0.05, 0.1) is 12.1 Å². The van der Waals surface area contributed by atoms with E-state index in [-0.39, 0.29) is 11.7 Å². The monoisotopic (exact) mass is 257 g/mol. The van der Waals surface area contributed by atoms with Crippen molar-refractivity contribution >= 4 is 11.6 Å². The van der Waals surface area contributed by atoms with E-state index in [1.165, 1.54) is 0 Å². The van der Waals surface area contributed by atoms with Gasteiger partial charge in [-0.05, 0) is 30.5 Å². The molecule has 0 bridgehead atoms. The Labute approximate surface area is 107 Å². The third-order valence-electron chi connectivity index (χ3n) is 3.25. The number of aromatic hydroxyl groups is 1. The summed E-state index contributed by atoms with van der Waals surface area (Å²) in [7, 11) is 0. The maximum atomic E-state index is 10.1. The summed E-state index contributed by atoms with van der Waals surface area (Å²) >= 11 is 5.94. The Kier molecular flexibility index (Phi) is 4.80. The number of aliphatic hydroxyl groups is 1. The van der Waals surface area contributed by atoms with Crippen molar-refractivity contribution in [3.05, 3.63) is 28.3 Å². The smallest absolute Gasteiger partial charge is 0.123 e. The van der Waals surface area contributed by atoms with Gasteiger partial charge in [0, 0.05) is 10.6 Å². The van der Waals surface area contributed by atoms with Crippen LogP contribution in [-0.2, 0) is 0 Å². The highest BCUT2D eigenvalue weighted by molar-refractivity contribution is 6.30. The van der Waals surface area contributed by atoms with Crippen molar-refractivity contribution in [2.45, 2.75) is 39.3 Å². The number of phenolic OH excluding ortho intramolecular Hbond substituents is 1. The van der Waals surface area contributed by atoms with Gasteiger partial charge < -0.3 is 15.9 Å². The van der Waals surface area contributed by atoms with Crippen LogP contribution < -0.4 is 5.73 Å². The molecule has 0 aromatic heterocycles. The first-order valence-corrected chi connectivity index (χ1v) is 6.18. The molecule has 1 aromatic carbocycles. The Balaban J connectivity index is 3.07. The number of hydrogen-bond donors (Lipinski definition) is 3. The second-order valence-corrected chi connectivity index (χ2v) is 5.00. The van der Waals surface area contributed by atoms with E-state index in [4.69, 9.17) is 17.3 Å². The van der Waals surface area contributed by atoms with Crippen LogP contribution in [0.3, 0.4) is 0 Å². The van der Waals surface area contributed by atoms with Gasteiger partial charge in [-0.2, -0.15) is 0 Å². The van der Waals surface area contributed by atoms with E-state index in [1.807, 2.05) is 13.8 Å². The minimum absolute atomic E-state index is 0.0729. The summed E-state index contributed by atoms with van der Waals surface area (Å²) in [6.07, 6.45) is 0.138. The molecule has 0 aliphatic rings. The fraction of sp³-hybridized carbons (Fsp3) is 0.538. The zero-order chi connectivity index (χ0) is 13.2. The fourth-order valence-electron chi connectivity index (χ4n) is 1.79. The quantitative estimate of drug-likeness (QED) is 0.777. The number of phenols is 1. The van der Waals surface area contributed by atoms with E-state index in [2.05, 4.69) is 0 Å². The Hall–Kier alpha value is -0.770. The first-order valence-electron chi connectivity index (χ1n) is 5.81. The molecule has 0 spiro atoms. The van der Waals surface area contributed by atoms with Gasteiger partial charge in [-0.1, -0.05) is 31.9 Å². The van der Waals surface area contributed by atoms with Gasteiger partial charge in [-0.15, -0.1) is 0 Å². The van der Waals surface area contributed by atoms with E-state index in [1.54, 1.807) is 19.1 Å². The van der Waals surface area contributed by atoms with Gasteiger partial charge in [0.1, 0.15) is 5.75 Å². The molecule has 1 unspecified atom stereocenters. The summed E-state index contributed by atoms with van der Waals surface area (Å²) in [5, 5.41) is 20.5. The molecule has 0 amide bonds. The molecule has 3 nitrogen and oxygen atoms in total. The molecule has 0 saturated heterocycles. The Morgan fingerprint density at radius 1 is 1.41 bits per heavy atom. The predicted octanol–water partition coefficient (Wildman–Crippen LogP) is 2.76. The number of benzene rings is 1. The molecule has 0 fully saturated rings. The second-order valence-electron chi connectivity index (χ2n) is 4.56. The Morgan fingerprint density at radius 3 is 2.53 bits per heavy atom. The summed E-state index contributed by atoms with van der Waals surface area (Å²) in [5.74, 6) is 0.188. The lowest BCUT2D eigenvalue weighted by Gasteiger charge is -2.25. The topological polar surface area (TPSA) is 66.5 Å². The van der Waals surface area contributed by atoms with Gasteiger partial charge in [0.25, 0.3) is 0 Å². The average molecular weight is 258 g/mol. The molecule has 0 aliphatic carbocycles. The van der Waals surface area contributed by atoms with Gasteiger partial charge in [-0.3, -0.25) is 0 Å². The highest BCUT2D eigenvalue weighted by Gasteiger charge is 2.25. The molecular formula is C13H20ClNO2. The molecule has 3 atom stereocenters. The lowest BCUT2D eigenvalue weighted by atomic mass is 9.90. The van der Waals surface area contributed by atoms with Crippen LogP contribution in [0.15, 0.2) is 12.1 Å².